The van der Waals surface area contributed by atoms with Gasteiger partial charge in [-0.3, -0.25) is 4.79 Å². The average molecular weight is 285 g/mol. The summed E-state index contributed by atoms with van der Waals surface area (Å²) in [6.45, 7) is 0. The van der Waals surface area contributed by atoms with Crippen LogP contribution < -0.4 is 5.32 Å². The monoisotopic (exact) mass is 285 g/mol. The summed E-state index contributed by atoms with van der Waals surface area (Å²) in [5, 5.41) is 11.9. The second kappa shape index (κ2) is 6.56. The zero-order valence-corrected chi connectivity index (χ0v) is 11.5. The maximum atomic E-state index is 12.0. The third kappa shape index (κ3) is 3.82. The number of aromatic hydroxyl groups is 1. The fourth-order valence-corrected chi connectivity index (χ4v) is 1.87. The maximum absolute atomic E-state index is 12.0. The Bertz CT molecular complexity index is 650. The van der Waals surface area contributed by atoms with Gasteiger partial charge in [-0.15, -0.1) is 0 Å². The van der Waals surface area contributed by atoms with Gasteiger partial charge in [-0.2, -0.15) is 0 Å². The number of benzene rings is 2. The Labute approximate surface area is 122 Å². The number of rotatable bonds is 4. The lowest BCUT2D eigenvalue weighted by Gasteiger charge is -2.09. The van der Waals surface area contributed by atoms with E-state index in [-0.39, 0.29) is 18.1 Å². The highest BCUT2D eigenvalue weighted by Gasteiger charge is 2.13. The fraction of sp³-hybridized carbons (Fsp3) is 0.125. The minimum Gasteiger partial charge on any atom is -0.508 e. The standard InChI is InChI=1S/C16H15NO4/c1-21-16(20)13-4-2-3-5-14(13)17-15(19)10-11-6-8-12(18)9-7-11/h2-9,18H,10H2,1H3,(H,17,19). The smallest absolute Gasteiger partial charge is 0.339 e. The molecule has 0 aliphatic rings. The molecule has 0 aliphatic heterocycles. The molecule has 0 saturated heterocycles. The number of para-hydroxylation sites is 1. The number of esters is 1. The van der Waals surface area contributed by atoms with Gasteiger partial charge in [0, 0.05) is 0 Å². The summed E-state index contributed by atoms with van der Waals surface area (Å²) in [4.78, 5) is 23.6. The van der Waals surface area contributed by atoms with Crippen LogP contribution in [0.15, 0.2) is 48.5 Å². The van der Waals surface area contributed by atoms with Crippen molar-refractivity contribution in [3.8, 4) is 5.75 Å². The topological polar surface area (TPSA) is 75.6 Å². The number of carbonyl (C=O) groups excluding carboxylic acids is 2. The van der Waals surface area contributed by atoms with Crippen LogP contribution >= 0.6 is 0 Å². The van der Waals surface area contributed by atoms with Crippen LogP contribution in [0.5, 0.6) is 5.75 Å². The number of amides is 1. The van der Waals surface area contributed by atoms with Crippen molar-refractivity contribution >= 4 is 17.6 Å². The first kappa shape index (κ1) is 14.6. The highest BCUT2D eigenvalue weighted by Crippen LogP contribution is 2.17. The lowest BCUT2D eigenvalue weighted by molar-refractivity contribution is -0.115. The van der Waals surface area contributed by atoms with E-state index in [2.05, 4.69) is 10.1 Å². The molecule has 0 heterocycles. The van der Waals surface area contributed by atoms with Gasteiger partial charge < -0.3 is 15.2 Å². The number of ether oxygens (including phenoxy) is 1. The molecule has 2 rings (SSSR count). The Morgan fingerprint density at radius 3 is 2.43 bits per heavy atom. The van der Waals surface area contributed by atoms with Gasteiger partial charge in [-0.25, -0.2) is 4.79 Å². The Balaban J connectivity index is 2.09. The van der Waals surface area contributed by atoms with Crippen molar-refractivity contribution < 1.29 is 19.4 Å². The van der Waals surface area contributed by atoms with Gasteiger partial charge in [0.15, 0.2) is 0 Å². The number of hydrogen-bond donors (Lipinski definition) is 2. The number of hydrogen-bond acceptors (Lipinski definition) is 4. The molecular formula is C16H15NO4. The number of phenolic OH excluding ortho intramolecular Hbond substituents is 1. The SMILES string of the molecule is COC(=O)c1ccccc1NC(=O)Cc1ccc(O)cc1. The Hall–Kier alpha value is -2.82. The molecule has 21 heavy (non-hydrogen) atoms. The second-order valence-corrected chi connectivity index (χ2v) is 4.43. The van der Waals surface area contributed by atoms with Crippen LogP contribution in [-0.4, -0.2) is 24.1 Å². The minimum absolute atomic E-state index is 0.148. The quantitative estimate of drug-likeness (QED) is 0.846. The predicted octanol–water partition coefficient (Wildman–Crippen LogP) is 2.36. The Kier molecular flexibility index (Phi) is 4.56. The molecule has 0 unspecified atom stereocenters. The number of nitrogens with one attached hydrogen (secondary N) is 1. The van der Waals surface area contributed by atoms with Crippen molar-refractivity contribution in [3.63, 3.8) is 0 Å². The molecule has 0 radical (unpaired) electrons. The second-order valence-electron chi connectivity index (χ2n) is 4.43. The number of anilines is 1. The Morgan fingerprint density at radius 2 is 1.76 bits per heavy atom. The third-order valence-electron chi connectivity index (χ3n) is 2.91. The largest absolute Gasteiger partial charge is 0.508 e. The summed E-state index contributed by atoms with van der Waals surface area (Å²) < 4.78 is 4.67. The Morgan fingerprint density at radius 1 is 1.10 bits per heavy atom. The van der Waals surface area contributed by atoms with Gasteiger partial charge in [0.05, 0.1) is 24.8 Å². The molecule has 0 aromatic heterocycles. The lowest BCUT2D eigenvalue weighted by Crippen LogP contribution is -2.17. The van der Waals surface area contributed by atoms with Crippen LogP contribution in [0.2, 0.25) is 0 Å². The van der Waals surface area contributed by atoms with E-state index in [1.165, 1.54) is 19.2 Å². The van der Waals surface area contributed by atoms with E-state index in [4.69, 9.17) is 0 Å². The van der Waals surface area contributed by atoms with Crippen molar-refractivity contribution in [2.45, 2.75) is 6.42 Å². The van der Waals surface area contributed by atoms with Crippen molar-refractivity contribution in [3.05, 3.63) is 59.7 Å². The maximum Gasteiger partial charge on any atom is 0.339 e. The molecule has 0 aliphatic carbocycles. The number of carbonyl (C=O) groups is 2. The normalized spacial score (nSPS) is 9.95. The lowest BCUT2D eigenvalue weighted by atomic mass is 10.1. The van der Waals surface area contributed by atoms with Gasteiger partial charge in [0.25, 0.3) is 0 Å². The average Bonchev–Trinajstić information content (AvgIpc) is 2.49. The molecule has 0 spiro atoms. The van der Waals surface area contributed by atoms with E-state index < -0.39 is 5.97 Å². The molecule has 0 atom stereocenters. The first-order valence-corrected chi connectivity index (χ1v) is 6.35. The molecule has 2 aromatic rings. The molecule has 2 aromatic carbocycles. The van der Waals surface area contributed by atoms with Gasteiger partial charge in [0.2, 0.25) is 5.91 Å². The van der Waals surface area contributed by atoms with E-state index >= 15 is 0 Å². The van der Waals surface area contributed by atoms with E-state index in [0.717, 1.165) is 5.56 Å². The van der Waals surface area contributed by atoms with Gasteiger partial charge >= 0.3 is 5.97 Å². The van der Waals surface area contributed by atoms with Gasteiger partial charge in [0.1, 0.15) is 5.75 Å². The van der Waals surface area contributed by atoms with Crippen LogP contribution in [0.1, 0.15) is 15.9 Å². The van der Waals surface area contributed by atoms with Crippen molar-refractivity contribution in [1.29, 1.82) is 0 Å². The van der Waals surface area contributed by atoms with E-state index in [1.807, 2.05) is 0 Å². The molecule has 0 saturated carbocycles. The highest BCUT2D eigenvalue weighted by molar-refractivity contribution is 6.01. The van der Waals surface area contributed by atoms with Crippen molar-refractivity contribution in [2.24, 2.45) is 0 Å². The van der Waals surface area contributed by atoms with E-state index in [0.29, 0.717) is 11.3 Å². The highest BCUT2D eigenvalue weighted by atomic mass is 16.5. The minimum atomic E-state index is -0.504. The summed E-state index contributed by atoms with van der Waals surface area (Å²) >= 11 is 0. The third-order valence-corrected chi connectivity index (χ3v) is 2.91. The molecule has 5 nitrogen and oxygen atoms in total. The van der Waals surface area contributed by atoms with Gasteiger partial charge in [-0.05, 0) is 29.8 Å². The summed E-state index contributed by atoms with van der Waals surface area (Å²) in [6, 6.07) is 13.0. The molecular weight excluding hydrogens is 270 g/mol. The number of phenols is 1. The summed E-state index contributed by atoms with van der Waals surface area (Å²) in [7, 11) is 1.29. The van der Waals surface area contributed by atoms with E-state index in [1.54, 1.807) is 36.4 Å². The van der Waals surface area contributed by atoms with Crippen molar-refractivity contribution in [1.82, 2.24) is 0 Å². The molecule has 0 fully saturated rings. The zero-order chi connectivity index (χ0) is 15.2. The first-order chi connectivity index (χ1) is 10.1. The van der Waals surface area contributed by atoms with Crippen LogP contribution in [-0.2, 0) is 16.0 Å². The summed E-state index contributed by atoms with van der Waals surface area (Å²) in [5.74, 6) is -0.609. The molecule has 108 valence electrons. The first-order valence-electron chi connectivity index (χ1n) is 6.35. The van der Waals surface area contributed by atoms with Crippen LogP contribution in [0, 0.1) is 0 Å². The van der Waals surface area contributed by atoms with Crippen molar-refractivity contribution in [2.75, 3.05) is 12.4 Å². The summed E-state index contributed by atoms with van der Waals surface area (Å²) in [5.41, 5.74) is 1.48. The van der Waals surface area contributed by atoms with E-state index in [9.17, 15) is 14.7 Å². The molecule has 2 N–H and O–H groups in total. The fourth-order valence-electron chi connectivity index (χ4n) is 1.87. The van der Waals surface area contributed by atoms with Crippen LogP contribution in [0.4, 0.5) is 5.69 Å². The van der Waals surface area contributed by atoms with Crippen LogP contribution in [0.3, 0.4) is 0 Å². The van der Waals surface area contributed by atoms with Gasteiger partial charge in [-0.1, -0.05) is 24.3 Å². The zero-order valence-electron chi connectivity index (χ0n) is 11.5. The summed E-state index contributed by atoms with van der Waals surface area (Å²) in [6.07, 6.45) is 0.149. The molecule has 1 amide bonds. The number of methoxy groups -OCH3 is 1. The molecule has 5 heteroatoms. The predicted molar refractivity (Wildman–Crippen MR) is 78.2 cm³/mol. The molecule has 0 bridgehead atoms. The van der Waals surface area contributed by atoms with Crippen LogP contribution in [0.25, 0.3) is 0 Å².